The molecule has 3 heteroatoms. The van der Waals surface area contributed by atoms with Crippen molar-refractivity contribution in [3.05, 3.63) is 35.4 Å². The summed E-state index contributed by atoms with van der Waals surface area (Å²) in [5.41, 5.74) is 3.54. The number of rotatable bonds is 1. The SMILES string of the molecule is CC(C)(C)[S+]([O-])/N=C1\CCCc2ccccc21. The van der Waals surface area contributed by atoms with Gasteiger partial charge in [0.25, 0.3) is 0 Å². The molecule has 0 heterocycles. The number of benzene rings is 1. The Hall–Kier alpha value is -0.800. The Morgan fingerprint density at radius 3 is 2.59 bits per heavy atom. The fourth-order valence-corrected chi connectivity index (χ4v) is 2.60. The molecule has 1 aliphatic rings. The largest absolute Gasteiger partial charge is 0.591 e. The first-order valence-electron chi connectivity index (χ1n) is 6.06. The Kier molecular flexibility index (Phi) is 3.59. The zero-order chi connectivity index (χ0) is 12.5. The lowest BCUT2D eigenvalue weighted by Crippen LogP contribution is -2.27. The van der Waals surface area contributed by atoms with Gasteiger partial charge in [0, 0.05) is 5.56 Å². The molecule has 0 spiro atoms. The summed E-state index contributed by atoms with van der Waals surface area (Å²) in [6.07, 6.45) is 3.16. The normalized spacial score (nSPS) is 20.1. The van der Waals surface area contributed by atoms with Crippen LogP contribution in [0.4, 0.5) is 0 Å². The van der Waals surface area contributed by atoms with Crippen LogP contribution in [-0.2, 0) is 17.8 Å². The summed E-state index contributed by atoms with van der Waals surface area (Å²) in [6.45, 7) is 5.88. The molecule has 17 heavy (non-hydrogen) atoms. The van der Waals surface area contributed by atoms with Crippen molar-refractivity contribution in [3.8, 4) is 0 Å². The van der Waals surface area contributed by atoms with Gasteiger partial charge in [-0.2, -0.15) is 0 Å². The van der Waals surface area contributed by atoms with Crippen molar-refractivity contribution in [2.45, 2.75) is 44.8 Å². The van der Waals surface area contributed by atoms with Crippen LogP contribution in [0.1, 0.15) is 44.7 Å². The van der Waals surface area contributed by atoms with E-state index in [-0.39, 0.29) is 4.75 Å². The van der Waals surface area contributed by atoms with E-state index in [1.165, 1.54) is 11.1 Å². The van der Waals surface area contributed by atoms with Crippen molar-refractivity contribution in [1.82, 2.24) is 0 Å². The lowest BCUT2D eigenvalue weighted by molar-refractivity contribution is 0.561. The second-order valence-electron chi connectivity index (χ2n) is 5.41. The molecule has 0 saturated heterocycles. The maximum absolute atomic E-state index is 12.1. The Labute approximate surface area is 106 Å². The Balaban J connectivity index is 2.33. The minimum atomic E-state index is -1.15. The van der Waals surface area contributed by atoms with E-state index in [2.05, 4.69) is 22.6 Å². The van der Waals surface area contributed by atoms with Gasteiger partial charge in [-0.05, 0) is 45.6 Å². The maximum atomic E-state index is 12.1. The Morgan fingerprint density at radius 2 is 1.88 bits per heavy atom. The Bertz CT molecular complexity index is 434. The molecule has 0 amide bonds. The summed E-state index contributed by atoms with van der Waals surface area (Å²) in [7, 11) is 0. The van der Waals surface area contributed by atoms with Crippen molar-refractivity contribution in [1.29, 1.82) is 0 Å². The van der Waals surface area contributed by atoms with Gasteiger partial charge in [-0.3, -0.25) is 0 Å². The van der Waals surface area contributed by atoms with E-state index in [0.717, 1.165) is 25.0 Å². The number of nitrogens with zero attached hydrogens (tertiary/aromatic N) is 1. The van der Waals surface area contributed by atoms with Crippen molar-refractivity contribution < 1.29 is 4.55 Å². The van der Waals surface area contributed by atoms with Crippen LogP contribution in [-0.4, -0.2) is 15.0 Å². The summed E-state index contributed by atoms with van der Waals surface area (Å²) in [4.78, 5) is 0. The molecule has 1 aromatic rings. The highest BCUT2D eigenvalue weighted by atomic mass is 32.2. The lowest BCUT2D eigenvalue weighted by Gasteiger charge is -2.22. The van der Waals surface area contributed by atoms with E-state index >= 15 is 0 Å². The molecule has 0 aliphatic heterocycles. The van der Waals surface area contributed by atoms with Crippen LogP contribution < -0.4 is 0 Å². The van der Waals surface area contributed by atoms with Crippen molar-refractivity contribution in [3.63, 3.8) is 0 Å². The molecule has 0 radical (unpaired) electrons. The molecule has 0 bridgehead atoms. The van der Waals surface area contributed by atoms with Crippen molar-refractivity contribution >= 4 is 17.1 Å². The highest BCUT2D eigenvalue weighted by Crippen LogP contribution is 2.25. The average Bonchev–Trinajstić information content (AvgIpc) is 2.28. The molecule has 2 nitrogen and oxygen atoms in total. The first-order chi connectivity index (χ1) is 7.98. The predicted octanol–water partition coefficient (Wildman–Crippen LogP) is 3.27. The fraction of sp³-hybridized carbons (Fsp3) is 0.500. The topological polar surface area (TPSA) is 35.4 Å². The van der Waals surface area contributed by atoms with E-state index in [4.69, 9.17) is 0 Å². The van der Waals surface area contributed by atoms with Crippen LogP contribution in [0.5, 0.6) is 0 Å². The van der Waals surface area contributed by atoms with Crippen LogP contribution in [0.15, 0.2) is 28.7 Å². The molecule has 1 aliphatic carbocycles. The molecular formula is C14H19NOS. The van der Waals surface area contributed by atoms with Crippen LogP contribution in [0, 0.1) is 0 Å². The predicted molar refractivity (Wildman–Crippen MR) is 73.8 cm³/mol. The molecule has 2 rings (SSSR count). The van der Waals surface area contributed by atoms with Gasteiger partial charge >= 0.3 is 0 Å². The quantitative estimate of drug-likeness (QED) is 0.703. The van der Waals surface area contributed by atoms with E-state index in [0.29, 0.717) is 0 Å². The van der Waals surface area contributed by atoms with Gasteiger partial charge in [0.2, 0.25) is 0 Å². The summed E-state index contributed by atoms with van der Waals surface area (Å²) >= 11 is -1.15. The number of fused-ring (bicyclic) bond motifs is 1. The summed E-state index contributed by atoms with van der Waals surface area (Å²) in [6, 6.07) is 8.32. The summed E-state index contributed by atoms with van der Waals surface area (Å²) in [5.74, 6) is 0. The molecule has 1 unspecified atom stereocenters. The second-order valence-corrected chi connectivity index (χ2v) is 7.32. The van der Waals surface area contributed by atoms with Gasteiger partial charge in [0.05, 0.1) is 5.71 Å². The van der Waals surface area contributed by atoms with Gasteiger partial charge in [-0.15, -0.1) is 0 Å². The van der Waals surface area contributed by atoms with E-state index in [1.54, 1.807) is 0 Å². The monoisotopic (exact) mass is 249 g/mol. The number of aryl methyl sites for hydroxylation is 1. The van der Waals surface area contributed by atoms with Crippen LogP contribution in [0.3, 0.4) is 0 Å². The minimum absolute atomic E-state index is 0.278. The van der Waals surface area contributed by atoms with Gasteiger partial charge in [-0.25, -0.2) is 0 Å². The maximum Gasteiger partial charge on any atom is 0.144 e. The fourth-order valence-electron chi connectivity index (χ4n) is 1.93. The summed E-state index contributed by atoms with van der Waals surface area (Å²) in [5, 5.41) is 0. The first kappa shape index (κ1) is 12.7. The molecule has 92 valence electrons. The first-order valence-corrected chi connectivity index (χ1v) is 7.17. The van der Waals surface area contributed by atoms with E-state index in [1.807, 2.05) is 26.8 Å². The highest BCUT2D eigenvalue weighted by molar-refractivity contribution is 7.91. The van der Waals surface area contributed by atoms with E-state index < -0.39 is 11.4 Å². The van der Waals surface area contributed by atoms with Crippen molar-refractivity contribution in [2.75, 3.05) is 0 Å². The zero-order valence-electron chi connectivity index (χ0n) is 10.7. The second kappa shape index (κ2) is 4.83. The van der Waals surface area contributed by atoms with Gasteiger partial charge < -0.3 is 4.55 Å². The number of hydrogen-bond donors (Lipinski definition) is 0. The minimum Gasteiger partial charge on any atom is -0.591 e. The molecule has 0 N–H and O–H groups in total. The van der Waals surface area contributed by atoms with Gasteiger partial charge in [0.1, 0.15) is 16.1 Å². The van der Waals surface area contributed by atoms with Crippen molar-refractivity contribution in [2.24, 2.45) is 4.40 Å². The van der Waals surface area contributed by atoms with Crippen LogP contribution in [0.2, 0.25) is 0 Å². The third kappa shape index (κ3) is 2.90. The molecular weight excluding hydrogens is 230 g/mol. The third-order valence-corrected chi connectivity index (χ3v) is 4.34. The Morgan fingerprint density at radius 1 is 1.18 bits per heavy atom. The van der Waals surface area contributed by atoms with Crippen LogP contribution >= 0.6 is 0 Å². The third-order valence-electron chi connectivity index (χ3n) is 2.90. The van der Waals surface area contributed by atoms with Gasteiger partial charge in [-0.1, -0.05) is 28.7 Å². The highest BCUT2D eigenvalue weighted by Gasteiger charge is 2.28. The number of hydrogen-bond acceptors (Lipinski definition) is 2. The standard InChI is InChI=1S/C14H19NOS/c1-14(2,3)17(16)15-13-10-6-8-11-7-4-5-9-12(11)13/h4-5,7,9H,6,8,10H2,1-3H3/b15-13+. The smallest absolute Gasteiger partial charge is 0.144 e. The molecule has 1 aromatic carbocycles. The zero-order valence-corrected chi connectivity index (χ0v) is 11.5. The molecule has 1 atom stereocenters. The van der Waals surface area contributed by atoms with Crippen LogP contribution in [0.25, 0.3) is 0 Å². The van der Waals surface area contributed by atoms with Gasteiger partial charge in [0.15, 0.2) is 0 Å². The lowest BCUT2D eigenvalue weighted by atomic mass is 9.90. The molecule has 0 saturated carbocycles. The van der Waals surface area contributed by atoms with E-state index in [9.17, 15) is 4.55 Å². The summed E-state index contributed by atoms with van der Waals surface area (Å²) < 4.78 is 16.2. The molecule has 0 fully saturated rings. The average molecular weight is 249 g/mol. The molecule has 0 aromatic heterocycles.